The quantitative estimate of drug-likeness (QED) is 0.396. The maximum absolute atomic E-state index is 6.08. The van der Waals surface area contributed by atoms with E-state index in [1.165, 1.54) is 0 Å². The summed E-state index contributed by atoms with van der Waals surface area (Å²) < 4.78 is 10.3. The SMILES string of the molecule is CCC[Si](Cl)(Cl)COCC1CO1. The molecular formula is C7H14Cl2O2Si. The molecule has 12 heavy (non-hydrogen) atoms. The molecule has 0 saturated carbocycles. The van der Waals surface area contributed by atoms with Crippen LogP contribution in [0.1, 0.15) is 13.3 Å². The predicted octanol–water partition coefficient (Wildman–Crippen LogP) is 2.27. The summed E-state index contributed by atoms with van der Waals surface area (Å²) in [7, 11) is 0. The van der Waals surface area contributed by atoms with E-state index in [1.54, 1.807) is 0 Å². The zero-order valence-electron chi connectivity index (χ0n) is 7.19. The summed E-state index contributed by atoms with van der Waals surface area (Å²) in [6.45, 7) is 1.48. The lowest BCUT2D eigenvalue weighted by Gasteiger charge is -2.14. The molecule has 5 heteroatoms. The Morgan fingerprint density at radius 3 is 2.75 bits per heavy atom. The Morgan fingerprint density at radius 2 is 2.25 bits per heavy atom. The van der Waals surface area contributed by atoms with Gasteiger partial charge in [-0.05, 0) is 6.04 Å². The van der Waals surface area contributed by atoms with Crippen molar-refractivity contribution in [3.8, 4) is 0 Å². The first-order chi connectivity index (χ1) is 5.64. The number of epoxide rings is 1. The molecule has 72 valence electrons. The Hall–Kier alpha value is 0.717. The van der Waals surface area contributed by atoms with Gasteiger partial charge in [-0.1, -0.05) is 13.3 Å². The number of halogens is 2. The molecular weight excluding hydrogens is 215 g/mol. The minimum atomic E-state index is -2.08. The highest BCUT2D eigenvalue weighted by molar-refractivity contribution is 7.45. The van der Waals surface area contributed by atoms with Crippen LogP contribution in [0.4, 0.5) is 0 Å². The largest absolute Gasteiger partial charge is 0.379 e. The van der Waals surface area contributed by atoms with E-state index in [2.05, 4.69) is 6.92 Å². The summed E-state index contributed by atoms with van der Waals surface area (Å²) in [5.74, 6) is 0. The number of ether oxygens (including phenoxy) is 2. The smallest absolute Gasteiger partial charge is 0.275 e. The third kappa shape index (κ3) is 4.67. The molecule has 0 aliphatic carbocycles. The molecule has 0 bridgehead atoms. The second kappa shape index (κ2) is 4.82. The first-order valence-corrected chi connectivity index (χ1v) is 8.65. The first kappa shape index (κ1) is 10.8. The molecule has 1 saturated heterocycles. The average molecular weight is 229 g/mol. The summed E-state index contributed by atoms with van der Waals surface area (Å²) >= 11 is 12.2. The molecule has 1 fully saturated rings. The van der Waals surface area contributed by atoms with Crippen molar-refractivity contribution in [2.75, 3.05) is 19.4 Å². The number of hydrogen-bond donors (Lipinski definition) is 0. The highest BCUT2D eigenvalue weighted by atomic mass is 35.7. The van der Waals surface area contributed by atoms with Crippen molar-refractivity contribution in [2.24, 2.45) is 0 Å². The van der Waals surface area contributed by atoms with Crippen LogP contribution in [0.3, 0.4) is 0 Å². The Labute approximate surface area is 83.5 Å². The maximum Gasteiger partial charge on any atom is 0.275 e. The van der Waals surface area contributed by atoms with Gasteiger partial charge in [0.15, 0.2) is 0 Å². The molecule has 1 heterocycles. The molecule has 1 unspecified atom stereocenters. The summed E-state index contributed by atoms with van der Waals surface area (Å²) in [5.41, 5.74) is 0. The van der Waals surface area contributed by atoms with Crippen LogP contribution < -0.4 is 0 Å². The van der Waals surface area contributed by atoms with Gasteiger partial charge >= 0.3 is 0 Å². The van der Waals surface area contributed by atoms with Crippen LogP contribution >= 0.6 is 22.2 Å². The van der Waals surface area contributed by atoms with Gasteiger partial charge in [-0.2, -0.15) is 0 Å². The van der Waals surface area contributed by atoms with Crippen molar-refractivity contribution >= 4 is 28.9 Å². The molecule has 2 nitrogen and oxygen atoms in total. The maximum atomic E-state index is 6.08. The van der Waals surface area contributed by atoms with E-state index in [9.17, 15) is 0 Å². The van der Waals surface area contributed by atoms with E-state index < -0.39 is 6.69 Å². The van der Waals surface area contributed by atoms with Crippen molar-refractivity contribution in [3.05, 3.63) is 0 Å². The van der Waals surface area contributed by atoms with E-state index in [1.807, 2.05) is 0 Å². The Morgan fingerprint density at radius 1 is 1.58 bits per heavy atom. The minimum absolute atomic E-state index is 0.310. The molecule has 1 aliphatic heterocycles. The second-order valence-corrected chi connectivity index (χ2v) is 10.5. The van der Waals surface area contributed by atoms with Crippen molar-refractivity contribution in [1.82, 2.24) is 0 Å². The lowest BCUT2D eigenvalue weighted by atomic mass is 10.5. The van der Waals surface area contributed by atoms with E-state index in [0.717, 1.165) is 19.1 Å². The monoisotopic (exact) mass is 228 g/mol. The Kier molecular flexibility index (Phi) is 4.33. The molecule has 1 rings (SSSR count). The van der Waals surface area contributed by atoms with Crippen LogP contribution in [0.15, 0.2) is 0 Å². The molecule has 0 N–H and O–H groups in total. The van der Waals surface area contributed by atoms with E-state index in [0.29, 0.717) is 18.9 Å². The lowest BCUT2D eigenvalue weighted by molar-refractivity contribution is 0.151. The average Bonchev–Trinajstić information content (AvgIpc) is 2.70. The Bertz CT molecular complexity index is 139. The highest BCUT2D eigenvalue weighted by Crippen LogP contribution is 2.22. The van der Waals surface area contributed by atoms with Gasteiger partial charge in [-0.25, -0.2) is 0 Å². The minimum Gasteiger partial charge on any atom is -0.379 e. The van der Waals surface area contributed by atoms with Gasteiger partial charge in [0.1, 0.15) is 6.10 Å². The van der Waals surface area contributed by atoms with Crippen molar-refractivity contribution < 1.29 is 9.47 Å². The molecule has 0 aromatic heterocycles. The molecule has 0 aromatic carbocycles. The summed E-state index contributed by atoms with van der Waals surface area (Å²) in [4.78, 5) is 0. The van der Waals surface area contributed by atoms with Gasteiger partial charge in [0.2, 0.25) is 0 Å². The molecule has 0 aromatic rings. The van der Waals surface area contributed by atoms with Gasteiger partial charge in [0, 0.05) is 0 Å². The number of rotatable bonds is 6. The predicted molar refractivity (Wildman–Crippen MR) is 53.1 cm³/mol. The molecule has 0 amide bonds. The van der Waals surface area contributed by atoms with Crippen LogP contribution in [-0.4, -0.2) is 32.2 Å². The number of hydrogen-bond acceptors (Lipinski definition) is 2. The second-order valence-electron chi connectivity index (χ2n) is 3.08. The van der Waals surface area contributed by atoms with Crippen molar-refractivity contribution in [2.45, 2.75) is 25.5 Å². The zero-order valence-corrected chi connectivity index (χ0v) is 9.70. The van der Waals surface area contributed by atoms with Crippen LogP contribution in [-0.2, 0) is 9.47 Å². The van der Waals surface area contributed by atoms with Gasteiger partial charge in [0.05, 0.1) is 19.4 Å². The Balaban J connectivity index is 2.01. The standard InChI is InChI=1S/C7H14Cl2O2Si/c1-2-3-12(8,9)6-10-4-7-5-11-7/h7H,2-6H2,1H3. The van der Waals surface area contributed by atoms with Crippen LogP contribution in [0, 0.1) is 0 Å². The topological polar surface area (TPSA) is 21.8 Å². The molecule has 0 radical (unpaired) electrons. The van der Waals surface area contributed by atoms with E-state index in [4.69, 9.17) is 31.6 Å². The van der Waals surface area contributed by atoms with E-state index >= 15 is 0 Å². The third-order valence-corrected chi connectivity index (χ3v) is 5.28. The summed E-state index contributed by atoms with van der Waals surface area (Å²) in [5, 5.41) is 0. The van der Waals surface area contributed by atoms with Crippen molar-refractivity contribution in [1.29, 1.82) is 0 Å². The fourth-order valence-electron chi connectivity index (χ4n) is 0.942. The highest BCUT2D eigenvalue weighted by Gasteiger charge is 2.29. The van der Waals surface area contributed by atoms with Crippen LogP contribution in [0.25, 0.3) is 0 Å². The summed E-state index contributed by atoms with van der Waals surface area (Å²) in [6.07, 6.45) is 1.87. The normalized spacial score (nSPS) is 22.8. The zero-order chi connectivity index (χ0) is 9.03. The van der Waals surface area contributed by atoms with Gasteiger partial charge in [0.25, 0.3) is 6.69 Å². The van der Waals surface area contributed by atoms with E-state index in [-0.39, 0.29) is 0 Å². The molecule has 1 aliphatic rings. The molecule has 0 spiro atoms. The van der Waals surface area contributed by atoms with Gasteiger partial charge in [-0.3, -0.25) is 0 Å². The van der Waals surface area contributed by atoms with Crippen molar-refractivity contribution in [3.63, 3.8) is 0 Å². The summed E-state index contributed by atoms with van der Waals surface area (Å²) in [6, 6.07) is 0.904. The van der Waals surface area contributed by atoms with Crippen LogP contribution in [0.2, 0.25) is 6.04 Å². The lowest BCUT2D eigenvalue weighted by Crippen LogP contribution is -2.27. The third-order valence-electron chi connectivity index (χ3n) is 1.64. The fourth-order valence-corrected chi connectivity index (χ4v) is 3.83. The molecule has 1 atom stereocenters. The van der Waals surface area contributed by atoms with Crippen LogP contribution in [0.5, 0.6) is 0 Å². The first-order valence-electron chi connectivity index (χ1n) is 4.21. The fraction of sp³-hybridized carbons (Fsp3) is 1.00. The van der Waals surface area contributed by atoms with Gasteiger partial charge in [-0.15, -0.1) is 22.2 Å². The van der Waals surface area contributed by atoms with Gasteiger partial charge < -0.3 is 9.47 Å².